The number of carbonyl (C=O) groups is 1. The molecular weight excluding hydrogens is 697 g/mol. The molecule has 0 radical (unpaired) electrons. The van der Waals surface area contributed by atoms with Crippen LogP contribution in [0.2, 0.25) is 0 Å². The van der Waals surface area contributed by atoms with Crippen LogP contribution in [0.1, 0.15) is 114 Å². The number of phosphoric acid groups is 1. The van der Waals surface area contributed by atoms with Crippen LogP contribution >= 0.6 is 7.82 Å². The highest BCUT2D eigenvalue weighted by atomic mass is 31.2. The van der Waals surface area contributed by atoms with Crippen LogP contribution in [0.25, 0.3) is 0 Å². The van der Waals surface area contributed by atoms with Crippen LogP contribution < -0.4 is 4.89 Å². The van der Waals surface area contributed by atoms with Crippen molar-refractivity contribution < 1.29 is 37.3 Å². The first-order valence-electron chi connectivity index (χ1n) is 20.1. The Morgan fingerprint density at radius 3 is 1.63 bits per heavy atom. The lowest BCUT2D eigenvalue weighted by atomic mass is 9.80. The van der Waals surface area contributed by atoms with Gasteiger partial charge in [0.1, 0.15) is 24.9 Å². The number of nitrogens with zero attached hydrogens (tertiary/aromatic N) is 1. The number of hydrogen-bond donors (Lipinski definition) is 0. The fraction of sp³-hybridized carbons (Fsp3) is 0.533. The first-order chi connectivity index (χ1) is 26.1. The minimum Gasteiger partial charge on any atom is -0.756 e. The predicted molar refractivity (Wildman–Crippen MR) is 217 cm³/mol. The minimum absolute atomic E-state index is 0.0279. The number of unbranched alkanes of at least 4 members (excludes halogenated alkanes) is 11. The highest BCUT2D eigenvalue weighted by Crippen LogP contribution is 2.42. The molecule has 1 unspecified atom stereocenters. The molecule has 0 bridgehead atoms. The molecule has 0 saturated heterocycles. The normalized spacial score (nSPS) is 13.9. The lowest BCUT2D eigenvalue weighted by molar-refractivity contribution is -0.870. The summed E-state index contributed by atoms with van der Waals surface area (Å²) >= 11 is 0. The van der Waals surface area contributed by atoms with Gasteiger partial charge >= 0.3 is 5.97 Å². The van der Waals surface area contributed by atoms with Crippen molar-refractivity contribution in [3.05, 3.63) is 120 Å². The molecule has 0 N–H and O–H groups in total. The molecule has 54 heavy (non-hydrogen) atoms. The highest BCUT2D eigenvalue weighted by molar-refractivity contribution is 7.45. The van der Waals surface area contributed by atoms with Gasteiger partial charge in [0.2, 0.25) is 0 Å². The van der Waals surface area contributed by atoms with Gasteiger partial charge in [0.15, 0.2) is 0 Å². The van der Waals surface area contributed by atoms with Crippen molar-refractivity contribution in [3.63, 3.8) is 0 Å². The number of hydrogen-bond acceptors (Lipinski definition) is 7. The van der Waals surface area contributed by atoms with E-state index >= 15 is 0 Å². The number of phosphoric ester groups is 1. The molecule has 3 aromatic carbocycles. The van der Waals surface area contributed by atoms with Gasteiger partial charge in [-0.25, -0.2) is 0 Å². The third kappa shape index (κ3) is 17.6. The van der Waals surface area contributed by atoms with Crippen molar-refractivity contribution in [2.24, 2.45) is 0 Å². The summed E-state index contributed by atoms with van der Waals surface area (Å²) < 4.78 is 36.6. The first-order valence-corrected chi connectivity index (χ1v) is 21.6. The summed E-state index contributed by atoms with van der Waals surface area (Å²) in [6.45, 7) is 2.13. The number of carbonyl (C=O) groups excluding carboxylic acids is 1. The minimum atomic E-state index is -4.68. The molecule has 3 aromatic rings. The number of allylic oxidation sites excluding steroid dienone is 2. The largest absolute Gasteiger partial charge is 0.756 e. The molecule has 0 spiro atoms. The van der Waals surface area contributed by atoms with Crippen LogP contribution in [-0.2, 0) is 33.5 Å². The lowest BCUT2D eigenvalue weighted by Crippen LogP contribution is -2.39. The smallest absolute Gasteiger partial charge is 0.306 e. The Labute approximate surface area is 326 Å². The highest BCUT2D eigenvalue weighted by Gasteiger charge is 2.38. The van der Waals surface area contributed by atoms with Crippen LogP contribution in [-0.4, -0.2) is 64.1 Å². The number of rotatable bonds is 29. The van der Waals surface area contributed by atoms with Crippen molar-refractivity contribution in [3.8, 4) is 0 Å². The van der Waals surface area contributed by atoms with E-state index < -0.39 is 32.1 Å². The second-order valence-electron chi connectivity index (χ2n) is 15.1. The Morgan fingerprint density at radius 1 is 0.685 bits per heavy atom. The number of likely N-dealkylation sites (N-methyl/N-ethyl adjacent to an activating group) is 1. The zero-order valence-corrected chi connectivity index (χ0v) is 34.3. The van der Waals surface area contributed by atoms with E-state index in [-0.39, 0.29) is 19.6 Å². The quantitative estimate of drug-likeness (QED) is 0.0174. The molecule has 0 aliphatic carbocycles. The van der Waals surface area contributed by atoms with Crippen LogP contribution in [0.15, 0.2) is 103 Å². The van der Waals surface area contributed by atoms with E-state index in [1.54, 1.807) is 0 Å². The van der Waals surface area contributed by atoms with Crippen molar-refractivity contribution in [2.45, 2.75) is 109 Å². The number of esters is 1. The maximum Gasteiger partial charge on any atom is 0.306 e. The molecule has 0 aromatic heterocycles. The maximum absolute atomic E-state index is 13.2. The Hall–Kier alpha value is -3.10. The van der Waals surface area contributed by atoms with E-state index in [0.29, 0.717) is 17.4 Å². The number of benzene rings is 3. The molecule has 0 saturated carbocycles. The number of ether oxygens (including phenoxy) is 2. The van der Waals surface area contributed by atoms with E-state index in [1.165, 1.54) is 44.9 Å². The van der Waals surface area contributed by atoms with Crippen molar-refractivity contribution in [1.29, 1.82) is 0 Å². The van der Waals surface area contributed by atoms with E-state index in [9.17, 15) is 14.3 Å². The van der Waals surface area contributed by atoms with Crippen molar-refractivity contribution in [2.75, 3.05) is 47.5 Å². The molecule has 298 valence electrons. The van der Waals surface area contributed by atoms with Crippen LogP contribution in [0.5, 0.6) is 0 Å². The lowest BCUT2D eigenvalue weighted by Gasteiger charge is -2.37. The van der Waals surface area contributed by atoms with Gasteiger partial charge in [-0.2, -0.15) is 0 Å². The average Bonchev–Trinajstić information content (AvgIpc) is 3.16. The van der Waals surface area contributed by atoms with Gasteiger partial charge in [0.05, 0.1) is 34.4 Å². The molecule has 0 aliphatic rings. The van der Waals surface area contributed by atoms with Gasteiger partial charge in [0.25, 0.3) is 7.82 Å². The number of quaternary nitrogens is 1. The van der Waals surface area contributed by atoms with Crippen molar-refractivity contribution in [1.82, 2.24) is 0 Å². The monoisotopic (exact) mass is 763 g/mol. The summed E-state index contributed by atoms with van der Waals surface area (Å²) in [6.07, 6.45) is 19.0. The Morgan fingerprint density at radius 2 is 1.15 bits per heavy atom. The summed E-state index contributed by atoms with van der Waals surface area (Å²) in [7, 11) is 1.16. The average molecular weight is 764 g/mol. The first kappa shape index (κ1) is 45.3. The molecular formula is C45H66NO7P. The molecule has 0 aliphatic heterocycles. The second kappa shape index (κ2) is 25.1. The van der Waals surface area contributed by atoms with Gasteiger partial charge in [-0.3, -0.25) is 9.36 Å². The third-order valence-electron chi connectivity index (χ3n) is 9.40. The second-order valence-corrected chi connectivity index (χ2v) is 16.5. The topological polar surface area (TPSA) is 94.1 Å². The Bertz CT molecular complexity index is 1400. The molecule has 0 amide bonds. The zero-order chi connectivity index (χ0) is 39.0. The summed E-state index contributed by atoms with van der Waals surface area (Å²) in [5.41, 5.74) is 1.54. The standard InChI is InChI=1S/C45H66NO7P/c1-5-6-7-8-9-10-11-12-13-14-15-16-17-18-28-35-44(47)53-43(39-52-54(48,49)51-37-36-46(2,3)4)38-50-45(40-29-22-19-23-30-40,41-31-24-20-25-32-41)42-33-26-21-27-34-42/h12-13,19-27,29-34,43H,5-11,14-18,28,35-39H2,1-4H3/b13-12-/t43-/m1/s1. The molecule has 8 nitrogen and oxygen atoms in total. The summed E-state index contributed by atoms with van der Waals surface area (Å²) in [4.78, 5) is 26.0. The fourth-order valence-electron chi connectivity index (χ4n) is 6.33. The third-order valence-corrected chi connectivity index (χ3v) is 10.4. The maximum atomic E-state index is 13.2. The van der Waals surface area contributed by atoms with E-state index in [0.717, 1.165) is 48.8 Å². The zero-order valence-electron chi connectivity index (χ0n) is 33.4. The van der Waals surface area contributed by atoms with E-state index in [1.807, 2.05) is 112 Å². The summed E-state index contributed by atoms with van der Waals surface area (Å²) in [5, 5.41) is 0. The van der Waals surface area contributed by atoms with Crippen LogP contribution in [0.4, 0.5) is 0 Å². The van der Waals surface area contributed by atoms with Gasteiger partial charge in [-0.15, -0.1) is 0 Å². The molecule has 2 atom stereocenters. The Balaban J connectivity index is 1.62. The van der Waals surface area contributed by atoms with Gasteiger partial charge < -0.3 is 27.9 Å². The molecule has 9 heteroatoms. The SMILES string of the molecule is CCCCCCCC/C=C\CCCCCCCC(=O)O[C@H](COC(c1ccccc1)(c1ccccc1)c1ccccc1)COP(=O)([O-])OCC[N+](C)(C)C. The molecule has 0 heterocycles. The Kier molecular flexibility index (Phi) is 21.1. The molecule has 0 fully saturated rings. The van der Waals surface area contributed by atoms with Crippen molar-refractivity contribution >= 4 is 13.8 Å². The van der Waals surface area contributed by atoms with Gasteiger partial charge in [-0.05, 0) is 48.8 Å². The predicted octanol–water partition coefficient (Wildman–Crippen LogP) is 10.2. The fourth-order valence-corrected chi connectivity index (χ4v) is 7.05. The molecule has 3 rings (SSSR count). The summed E-state index contributed by atoms with van der Waals surface area (Å²) in [6, 6.07) is 29.5. The van der Waals surface area contributed by atoms with E-state index in [4.69, 9.17) is 18.5 Å². The van der Waals surface area contributed by atoms with E-state index in [2.05, 4.69) is 19.1 Å². The summed E-state index contributed by atoms with van der Waals surface area (Å²) in [5.74, 6) is -0.416. The van der Waals surface area contributed by atoms with Crippen LogP contribution in [0, 0.1) is 0 Å². The van der Waals surface area contributed by atoms with Crippen LogP contribution in [0.3, 0.4) is 0 Å². The van der Waals surface area contributed by atoms with Gasteiger partial charge in [-0.1, -0.05) is 161 Å². The van der Waals surface area contributed by atoms with Gasteiger partial charge in [0, 0.05) is 6.42 Å².